The van der Waals surface area contributed by atoms with Crippen molar-refractivity contribution >= 4 is 34.7 Å². The Bertz CT molecular complexity index is 1040. The molecule has 1 aromatic heterocycles. The van der Waals surface area contributed by atoms with Gasteiger partial charge in [-0.25, -0.2) is 4.98 Å². The lowest BCUT2D eigenvalue weighted by molar-refractivity contribution is 0.353. The number of anilines is 4. The summed E-state index contributed by atoms with van der Waals surface area (Å²) in [4.78, 5) is 11.1. The van der Waals surface area contributed by atoms with Gasteiger partial charge < -0.3 is 20.1 Å². The molecule has 150 valence electrons. The standard InChI is InChI=1S/C21H22ClN5O2/c1-27-11-13-5-4-6-17(15(13)12-27)24-20-16(22)10-23-21(26-20)25-18-8-7-14(28-2)9-19(18)29-3/h4-10H,11-12H2,1-3H3,(H2,23,24,25,26). The fraction of sp³-hybridized carbons (Fsp3) is 0.238. The molecule has 2 heterocycles. The molecule has 3 aromatic rings. The second-order valence-corrected chi connectivity index (χ2v) is 7.23. The maximum Gasteiger partial charge on any atom is 0.229 e. The number of nitrogens with zero attached hydrogens (tertiary/aromatic N) is 3. The zero-order valence-corrected chi connectivity index (χ0v) is 17.2. The molecule has 0 aliphatic carbocycles. The van der Waals surface area contributed by atoms with Crippen molar-refractivity contribution in [2.24, 2.45) is 0 Å². The summed E-state index contributed by atoms with van der Waals surface area (Å²) < 4.78 is 10.7. The van der Waals surface area contributed by atoms with Crippen molar-refractivity contribution in [3.63, 3.8) is 0 Å². The summed E-state index contributed by atoms with van der Waals surface area (Å²) in [5.74, 6) is 2.28. The summed E-state index contributed by atoms with van der Waals surface area (Å²) in [7, 11) is 5.31. The first-order chi connectivity index (χ1) is 14.1. The van der Waals surface area contributed by atoms with Gasteiger partial charge in [-0.1, -0.05) is 23.7 Å². The van der Waals surface area contributed by atoms with Gasteiger partial charge in [-0.2, -0.15) is 4.98 Å². The quantitative estimate of drug-likeness (QED) is 0.615. The van der Waals surface area contributed by atoms with E-state index in [-0.39, 0.29) is 0 Å². The van der Waals surface area contributed by atoms with Crippen molar-refractivity contribution in [2.75, 3.05) is 31.9 Å². The molecule has 0 radical (unpaired) electrons. The maximum atomic E-state index is 6.36. The monoisotopic (exact) mass is 411 g/mol. The van der Waals surface area contributed by atoms with Gasteiger partial charge in [0.1, 0.15) is 16.5 Å². The van der Waals surface area contributed by atoms with Gasteiger partial charge in [0.15, 0.2) is 5.82 Å². The van der Waals surface area contributed by atoms with Crippen LogP contribution < -0.4 is 20.1 Å². The molecule has 2 N–H and O–H groups in total. The Morgan fingerprint density at radius 1 is 1.03 bits per heavy atom. The molecule has 0 amide bonds. The molecular formula is C21H22ClN5O2. The van der Waals surface area contributed by atoms with Crippen LogP contribution in [0.5, 0.6) is 11.5 Å². The van der Waals surface area contributed by atoms with Crippen molar-refractivity contribution in [3.05, 3.63) is 58.7 Å². The van der Waals surface area contributed by atoms with E-state index in [2.05, 4.69) is 38.6 Å². The van der Waals surface area contributed by atoms with E-state index in [4.69, 9.17) is 21.1 Å². The molecule has 0 fully saturated rings. The number of fused-ring (bicyclic) bond motifs is 1. The largest absolute Gasteiger partial charge is 0.497 e. The van der Waals surface area contributed by atoms with Gasteiger partial charge >= 0.3 is 0 Å². The summed E-state index contributed by atoms with van der Waals surface area (Å²) in [5, 5.41) is 6.99. The van der Waals surface area contributed by atoms with Gasteiger partial charge in [-0.15, -0.1) is 0 Å². The summed E-state index contributed by atoms with van der Waals surface area (Å²) in [6, 6.07) is 11.7. The molecule has 0 saturated carbocycles. The molecule has 0 atom stereocenters. The van der Waals surface area contributed by atoms with Crippen molar-refractivity contribution in [1.29, 1.82) is 0 Å². The van der Waals surface area contributed by atoms with Gasteiger partial charge in [-0.05, 0) is 36.4 Å². The Balaban J connectivity index is 1.60. The van der Waals surface area contributed by atoms with Crippen LogP contribution in [0, 0.1) is 0 Å². The third-order valence-corrected chi connectivity index (χ3v) is 5.07. The molecule has 2 aromatic carbocycles. The van der Waals surface area contributed by atoms with Crippen LogP contribution in [-0.4, -0.2) is 36.1 Å². The zero-order valence-electron chi connectivity index (χ0n) is 16.5. The van der Waals surface area contributed by atoms with Gasteiger partial charge in [0.05, 0.1) is 26.1 Å². The van der Waals surface area contributed by atoms with Crippen LogP contribution in [-0.2, 0) is 13.1 Å². The van der Waals surface area contributed by atoms with E-state index in [0.717, 1.165) is 24.5 Å². The highest BCUT2D eigenvalue weighted by atomic mass is 35.5. The van der Waals surface area contributed by atoms with Gasteiger partial charge in [-0.3, -0.25) is 4.90 Å². The van der Waals surface area contributed by atoms with Crippen LogP contribution in [0.2, 0.25) is 5.02 Å². The van der Waals surface area contributed by atoms with Crippen LogP contribution in [0.3, 0.4) is 0 Å². The number of nitrogens with one attached hydrogen (secondary N) is 2. The molecule has 4 rings (SSSR count). The number of rotatable bonds is 6. The number of aromatic nitrogens is 2. The van der Waals surface area contributed by atoms with Crippen LogP contribution in [0.25, 0.3) is 0 Å². The van der Waals surface area contributed by atoms with Crippen molar-refractivity contribution in [3.8, 4) is 11.5 Å². The Labute approximate surface area is 174 Å². The van der Waals surface area contributed by atoms with Crippen LogP contribution in [0.1, 0.15) is 11.1 Å². The highest BCUT2D eigenvalue weighted by Crippen LogP contribution is 2.34. The molecule has 1 aliphatic rings. The summed E-state index contributed by atoms with van der Waals surface area (Å²) in [6.07, 6.45) is 1.57. The fourth-order valence-corrected chi connectivity index (χ4v) is 3.51. The normalized spacial score (nSPS) is 13.1. The van der Waals surface area contributed by atoms with Crippen LogP contribution >= 0.6 is 11.6 Å². The molecule has 7 nitrogen and oxygen atoms in total. The lowest BCUT2D eigenvalue weighted by Crippen LogP contribution is -2.08. The second-order valence-electron chi connectivity index (χ2n) is 6.82. The van der Waals surface area contributed by atoms with E-state index < -0.39 is 0 Å². The molecule has 8 heteroatoms. The number of benzene rings is 2. The first-order valence-electron chi connectivity index (χ1n) is 9.15. The third kappa shape index (κ3) is 4.06. The number of methoxy groups -OCH3 is 2. The number of halogens is 1. The zero-order chi connectivity index (χ0) is 20.4. The minimum atomic E-state index is 0.407. The first-order valence-corrected chi connectivity index (χ1v) is 9.53. The molecule has 0 saturated heterocycles. The molecule has 1 aliphatic heterocycles. The van der Waals surface area contributed by atoms with Gasteiger partial charge in [0, 0.05) is 24.8 Å². The van der Waals surface area contributed by atoms with E-state index in [0.29, 0.717) is 28.3 Å². The Morgan fingerprint density at radius 3 is 2.69 bits per heavy atom. The maximum absolute atomic E-state index is 6.36. The van der Waals surface area contributed by atoms with Crippen molar-refractivity contribution in [2.45, 2.75) is 13.1 Å². The van der Waals surface area contributed by atoms with Gasteiger partial charge in [0.2, 0.25) is 5.95 Å². The number of hydrogen-bond donors (Lipinski definition) is 2. The first kappa shape index (κ1) is 19.3. The summed E-state index contributed by atoms with van der Waals surface area (Å²) in [5.41, 5.74) is 4.30. The molecular weight excluding hydrogens is 390 g/mol. The SMILES string of the molecule is COc1ccc(Nc2ncc(Cl)c(Nc3cccc4c3CN(C)C4)n2)c(OC)c1. The molecule has 0 unspecified atom stereocenters. The predicted molar refractivity (Wildman–Crippen MR) is 115 cm³/mol. The topological polar surface area (TPSA) is 71.5 Å². The Hall–Kier alpha value is -3.03. The average molecular weight is 412 g/mol. The lowest BCUT2D eigenvalue weighted by atomic mass is 10.1. The van der Waals surface area contributed by atoms with E-state index in [1.54, 1.807) is 26.5 Å². The van der Waals surface area contributed by atoms with Crippen LogP contribution in [0.4, 0.5) is 23.1 Å². The highest BCUT2D eigenvalue weighted by Gasteiger charge is 2.19. The molecule has 0 bridgehead atoms. The lowest BCUT2D eigenvalue weighted by Gasteiger charge is -2.14. The Kier molecular flexibility index (Phi) is 5.42. The summed E-state index contributed by atoms with van der Waals surface area (Å²) >= 11 is 6.36. The van der Waals surface area contributed by atoms with E-state index in [9.17, 15) is 0 Å². The average Bonchev–Trinajstić information content (AvgIpc) is 3.12. The minimum absolute atomic E-state index is 0.407. The van der Waals surface area contributed by atoms with Crippen molar-refractivity contribution in [1.82, 2.24) is 14.9 Å². The Morgan fingerprint density at radius 2 is 1.90 bits per heavy atom. The van der Waals surface area contributed by atoms with E-state index >= 15 is 0 Å². The van der Waals surface area contributed by atoms with Crippen molar-refractivity contribution < 1.29 is 9.47 Å². The summed E-state index contributed by atoms with van der Waals surface area (Å²) in [6.45, 7) is 1.82. The predicted octanol–water partition coefficient (Wildman–Crippen LogP) is 4.58. The third-order valence-electron chi connectivity index (χ3n) is 4.79. The van der Waals surface area contributed by atoms with Gasteiger partial charge in [0.25, 0.3) is 0 Å². The fourth-order valence-electron chi connectivity index (χ4n) is 3.37. The van der Waals surface area contributed by atoms with E-state index in [1.807, 2.05) is 24.3 Å². The number of hydrogen-bond acceptors (Lipinski definition) is 7. The minimum Gasteiger partial charge on any atom is -0.497 e. The molecule has 0 spiro atoms. The number of ether oxygens (including phenoxy) is 2. The van der Waals surface area contributed by atoms with E-state index in [1.165, 1.54) is 11.1 Å². The highest BCUT2D eigenvalue weighted by molar-refractivity contribution is 6.32. The van der Waals surface area contributed by atoms with Crippen LogP contribution in [0.15, 0.2) is 42.6 Å². The smallest absolute Gasteiger partial charge is 0.229 e. The molecule has 29 heavy (non-hydrogen) atoms. The second kappa shape index (κ2) is 8.14.